The summed E-state index contributed by atoms with van der Waals surface area (Å²) in [5.41, 5.74) is 0.264. The second-order valence-corrected chi connectivity index (χ2v) is 3.17. The highest BCUT2D eigenvalue weighted by Crippen LogP contribution is 2.31. The van der Waals surface area contributed by atoms with E-state index in [1.807, 2.05) is 28.7 Å². The van der Waals surface area contributed by atoms with Crippen molar-refractivity contribution in [2.45, 2.75) is 0 Å². The van der Waals surface area contributed by atoms with E-state index < -0.39 is 0 Å². The Kier molecular flexibility index (Phi) is 2.76. The molecule has 12 heavy (non-hydrogen) atoms. The number of hydrogen-bond acceptors (Lipinski definition) is 3. The molecule has 1 rings (SSSR count). The summed E-state index contributed by atoms with van der Waals surface area (Å²) in [6, 6.07) is 5.05. The first kappa shape index (κ1) is 9.13. The zero-order valence-corrected chi connectivity index (χ0v) is 8.49. The van der Waals surface area contributed by atoms with E-state index >= 15 is 0 Å². The second-order valence-electron chi connectivity index (χ2n) is 2.09. The Morgan fingerprint density at radius 3 is 2.75 bits per heavy atom. The molecular formula is C8H6INO2. The Bertz CT molecular complexity index is 344. The summed E-state index contributed by atoms with van der Waals surface area (Å²) in [5, 5.41) is 18.0. The standard InChI is InChI=1S/C8H6INO2/c1-12-6-3-2-5(4-10)8(11)7(6)9/h2-3,11H,1H3. The maximum Gasteiger partial charge on any atom is 0.150 e. The lowest BCUT2D eigenvalue weighted by atomic mass is 10.2. The van der Waals surface area contributed by atoms with E-state index in [0.29, 0.717) is 9.32 Å². The molecule has 0 atom stereocenters. The van der Waals surface area contributed by atoms with Gasteiger partial charge in [0.05, 0.1) is 16.2 Å². The largest absolute Gasteiger partial charge is 0.505 e. The van der Waals surface area contributed by atoms with Gasteiger partial charge in [0.25, 0.3) is 0 Å². The second kappa shape index (κ2) is 3.63. The van der Waals surface area contributed by atoms with Crippen LogP contribution in [0.2, 0.25) is 0 Å². The van der Waals surface area contributed by atoms with Crippen molar-refractivity contribution in [3.63, 3.8) is 0 Å². The molecule has 0 saturated carbocycles. The van der Waals surface area contributed by atoms with E-state index in [2.05, 4.69) is 0 Å². The lowest BCUT2D eigenvalue weighted by molar-refractivity contribution is 0.402. The summed E-state index contributed by atoms with van der Waals surface area (Å²) >= 11 is 1.93. The highest BCUT2D eigenvalue weighted by atomic mass is 127. The molecule has 0 aliphatic carbocycles. The minimum atomic E-state index is -0.0162. The molecule has 62 valence electrons. The number of aromatic hydroxyl groups is 1. The van der Waals surface area contributed by atoms with Gasteiger partial charge in [-0.1, -0.05) is 0 Å². The average Bonchev–Trinajstić information content (AvgIpc) is 2.10. The molecule has 1 aromatic rings. The Hall–Kier alpha value is -0.960. The summed E-state index contributed by atoms with van der Waals surface area (Å²) in [7, 11) is 1.52. The minimum absolute atomic E-state index is 0.0162. The van der Waals surface area contributed by atoms with E-state index in [1.165, 1.54) is 13.2 Å². The molecule has 4 heteroatoms. The number of nitriles is 1. The van der Waals surface area contributed by atoms with Crippen molar-refractivity contribution in [2.75, 3.05) is 7.11 Å². The molecule has 0 heterocycles. The fourth-order valence-electron chi connectivity index (χ4n) is 0.794. The third-order valence-corrected chi connectivity index (χ3v) is 2.46. The molecule has 0 unspecified atom stereocenters. The predicted molar refractivity (Wildman–Crippen MR) is 52.1 cm³/mol. The maximum absolute atomic E-state index is 9.40. The molecule has 0 spiro atoms. The van der Waals surface area contributed by atoms with Crippen LogP contribution in [-0.4, -0.2) is 12.2 Å². The average molecular weight is 275 g/mol. The Balaban J connectivity index is 3.32. The molecule has 0 fully saturated rings. The van der Waals surface area contributed by atoms with Gasteiger partial charge in [-0.25, -0.2) is 0 Å². The van der Waals surface area contributed by atoms with E-state index in [-0.39, 0.29) is 11.3 Å². The van der Waals surface area contributed by atoms with Gasteiger partial charge in [0.2, 0.25) is 0 Å². The summed E-state index contributed by atoms with van der Waals surface area (Å²) in [6.07, 6.45) is 0. The first-order valence-electron chi connectivity index (χ1n) is 3.16. The lowest BCUT2D eigenvalue weighted by Gasteiger charge is -2.04. The number of methoxy groups -OCH3 is 1. The summed E-state index contributed by atoms with van der Waals surface area (Å²) in [5.74, 6) is 0.560. The van der Waals surface area contributed by atoms with Crippen LogP contribution < -0.4 is 4.74 Å². The van der Waals surface area contributed by atoms with E-state index in [4.69, 9.17) is 10.00 Å². The highest BCUT2D eigenvalue weighted by Gasteiger charge is 2.09. The first-order valence-corrected chi connectivity index (χ1v) is 4.24. The number of nitrogens with zero attached hydrogens (tertiary/aromatic N) is 1. The quantitative estimate of drug-likeness (QED) is 0.796. The van der Waals surface area contributed by atoms with Crippen LogP contribution in [0.15, 0.2) is 12.1 Å². The Labute approximate surface area is 83.7 Å². The van der Waals surface area contributed by atoms with Crippen LogP contribution in [-0.2, 0) is 0 Å². The van der Waals surface area contributed by atoms with E-state index in [9.17, 15) is 5.11 Å². The van der Waals surface area contributed by atoms with E-state index in [0.717, 1.165) is 0 Å². The molecule has 1 N–H and O–H groups in total. The van der Waals surface area contributed by atoms with Crippen LogP contribution in [0, 0.1) is 14.9 Å². The normalized spacial score (nSPS) is 9.08. The van der Waals surface area contributed by atoms with E-state index in [1.54, 1.807) is 6.07 Å². The molecule has 0 amide bonds. The SMILES string of the molecule is COc1ccc(C#N)c(O)c1I. The fraction of sp³-hybridized carbons (Fsp3) is 0.125. The van der Waals surface area contributed by atoms with Gasteiger partial charge < -0.3 is 9.84 Å². The number of benzene rings is 1. The number of hydrogen-bond donors (Lipinski definition) is 1. The van der Waals surface area contributed by atoms with Gasteiger partial charge in [-0.05, 0) is 34.7 Å². The van der Waals surface area contributed by atoms with Crippen molar-refractivity contribution in [2.24, 2.45) is 0 Å². The number of phenols is 1. The zero-order valence-electron chi connectivity index (χ0n) is 6.34. The summed E-state index contributed by atoms with van der Waals surface area (Å²) in [4.78, 5) is 0. The topological polar surface area (TPSA) is 53.2 Å². The van der Waals surface area contributed by atoms with Gasteiger partial charge in [0, 0.05) is 0 Å². The number of halogens is 1. The first-order chi connectivity index (χ1) is 5.70. The van der Waals surface area contributed by atoms with Gasteiger partial charge >= 0.3 is 0 Å². The molecule has 0 bridgehead atoms. The van der Waals surface area contributed by atoms with Crippen LogP contribution in [0.5, 0.6) is 11.5 Å². The van der Waals surface area contributed by atoms with Crippen molar-refractivity contribution in [3.05, 3.63) is 21.3 Å². The third kappa shape index (κ3) is 1.46. The van der Waals surface area contributed by atoms with Crippen LogP contribution in [0.3, 0.4) is 0 Å². The molecular weight excluding hydrogens is 269 g/mol. The van der Waals surface area contributed by atoms with Gasteiger partial charge in [0.15, 0.2) is 0 Å². The molecule has 0 saturated heterocycles. The molecule has 0 aliphatic heterocycles. The molecule has 1 aromatic carbocycles. The number of ether oxygens (including phenoxy) is 1. The van der Waals surface area contributed by atoms with Crippen molar-refractivity contribution >= 4 is 22.6 Å². The van der Waals surface area contributed by atoms with Gasteiger partial charge in [0.1, 0.15) is 17.6 Å². The summed E-state index contributed by atoms with van der Waals surface area (Å²) in [6.45, 7) is 0. The van der Waals surface area contributed by atoms with Crippen molar-refractivity contribution in [1.82, 2.24) is 0 Å². The number of phenolic OH excluding ortho intramolecular Hbond substituents is 1. The molecule has 0 aromatic heterocycles. The van der Waals surface area contributed by atoms with Crippen LogP contribution in [0.4, 0.5) is 0 Å². The van der Waals surface area contributed by atoms with Crippen LogP contribution >= 0.6 is 22.6 Å². The fourth-order valence-corrected chi connectivity index (χ4v) is 1.48. The lowest BCUT2D eigenvalue weighted by Crippen LogP contribution is -1.88. The predicted octanol–water partition coefficient (Wildman–Crippen LogP) is 1.88. The smallest absolute Gasteiger partial charge is 0.150 e. The Morgan fingerprint density at radius 2 is 2.25 bits per heavy atom. The zero-order chi connectivity index (χ0) is 9.14. The third-order valence-electron chi connectivity index (χ3n) is 1.42. The minimum Gasteiger partial charge on any atom is -0.505 e. The van der Waals surface area contributed by atoms with Crippen LogP contribution in [0.1, 0.15) is 5.56 Å². The Morgan fingerprint density at radius 1 is 1.58 bits per heavy atom. The van der Waals surface area contributed by atoms with Gasteiger partial charge in [-0.2, -0.15) is 5.26 Å². The number of rotatable bonds is 1. The van der Waals surface area contributed by atoms with Gasteiger partial charge in [-0.3, -0.25) is 0 Å². The molecule has 0 radical (unpaired) electrons. The monoisotopic (exact) mass is 275 g/mol. The maximum atomic E-state index is 9.40. The van der Waals surface area contributed by atoms with Crippen LogP contribution in [0.25, 0.3) is 0 Å². The van der Waals surface area contributed by atoms with Crippen molar-refractivity contribution < 1.29 is 9.84 Å². The van der Waals surface area contributed by atoms with Gasteiger partial charge in [-0.15, -0.1) is 0 Å². The molecule has 3 nitrogen and oxygen atoms in total. The van der Waals surface area contributed by atoms with Crippen molar-refractivity contribution in [3.8, 4) is 17.6 Å². The van der Waals surface area contributed by atoms with Crippen molar-refractivity contribution in [1.29, 1.82) is 5.26 Å². The molecule has 0 aliphatic rings. The highest BCUT2D eigenvalue weighted by molar-refractivity contribution is 14.1. The summed E-state index contributed by atoms with van der Waals surface area (Å²) < 4.78 is 5.51.